The highest BCUT2D eigenvalue weighted by Crippen LogP contribution is 2.26. The fourth-order valence-electron chi connectivity index (χ4n) is 1.96. The van der Waals surface area contributed by atoms with Gasteiger partial charge in [0.2, 0.25) is 5.43 Å². The molecule has 0 aromatic heterocycles. The number of anilines is 2. The number of rotatable bonds is 8. The van der Waals surface area contributed by atoms with Crippen LogP contribution >= 0.6 is 12.2 Å². The zero-order valence-electron chi connectivity index (χ0n) is 11.9. The van der Waals surface area contributed by atoms with Crippen molar-refractivity contribution in [1.82, 2.24) is 0 Å². The molecule has 1 rings (SSSR count). The Kier molecular flexibility index (Phi) is 5.79. The second-order valence-electron chi connectivity index (χ2n) is 5.21. The van der Waals surface area contributed by atoms with Crippen molar-refractivity contribution >= 4 is 23.6 Å². The van der Waals surface area contributed by atoms with E-state index in [0.29, 0.717) is 10.2 Å². The third kappa shape index (κ3) is 3.55. The second-order valence-corrected chi connectivity index (χ2v) is 5.62. The fourth-order valence-corrected chi connectivity index (χ4v) is 2.32. The van der Waals surface area contributed by atoms with Crippen molar-refractivity contribution in [1.29, 1.82) is 0 Å². The Balaban J connectivity index is 0.00000324. The van der Waals surface area contributed by atoms with Crippen LogP contribution in [0.25, 0.3) is 0 Å². The Morgan fingerprint density at radius 1 is 1.39 bits per heavy atom. The van der Waals surface area contributed by atoms with Crippen molar-refractivity contribution < 1.29 is 1.43 Å². The second kappa shape index (κ2) is 6.88. The van der Waals surface area contributed by atoms with Crippen molar-refractivity contribution in [2.45, 2.75) is 40.0 Å². The monoisotopic (exact) mass is 270 g/mol. The van der Waals surface area contributed by atoms with E-state index < -0.39 is 0 Å². The maximum atomic E-state index is 11.7. The van der Waals surface area contributed by atoms with E-state index in [-0.39, 0.29) is 6.86 Å². The molecule has 1 N–H and O–H groups in total. The quantitative estimate of drug-likeness (QED) is 0.578. The van der Waals surface area contributed by atoms with Gasteiger partial charge in [-0.3, -0.25) is 4.79 Å². The summed E-state index contributed by atoms with van der Waals surface area (Å²) < 4.78 is 0.476. The van der Waals surface area contributed by atoms with Crippen LogP contribution in [0.5, 0.6) is 0 Å². The van der Waals surface area contributed by atoms with Gasteiger partial charge in [0.25, 0.3) is 0 Å². The van der Waals surface area contributed by atoms with Crippen LogP contribution < -0.4 is 15.6 Å². The van der Waals surface area contributed by atoms with Crippen LogP contribution in [0.4, 0.5) is 11.4 Å². The van der Waals surface area contributed by atoms with E-state index in [0.717, 1.165) is 31.1 Å². The number of unbranched alkanes of at least 4 members (excludes halogenated alkanes) is 1. The lowest BCUT2D eigenvalue weighted by Crippen LogP contribution is -2.28. The molecule has 18 heavy (non-hydrogen) atoms. The van der Waals surface area contributed by atoms with Crippen molar-refractivity contribution in [2.24, 2.45) is 5.92 Å². The molecular formula is C14H26N2OS. The lowest BCUT2D eigenvalue weighted by Gasteiger charge is -2.23. The Bertz CT molecular complexity index is 452. The minimum Gasteiger partial charge on any atom is -0.380 e. The first-order valence-electron chi connectivity index (χ1n) is 6.77. The summed E-state index contributed by atoms with van der Waals surface area (Å²) in [5.41, 5.74) is 1.64. The summed E-state index contributed by atoms with van der Waals surface area (Å²) in [6.45, 7) is 8.24. The molecular weight excluding hydrogens is 244 g/mol. The first kappa shape index (κ1) is 15.2. The lowest BCUT2D eigenvalue weighted by atomic mass is 10.1. The largest absolute Gasteiger partial charge is 0.380 e. The molecule has 0 bridgehead atoms. The molecule has 0 atom stereocenters. The zero-order valence-corrected chi connectivity index (χ0v) is 12.7. The summed E-state index contributed by atoms with van der Waals surface area (Å²) >= 11 is 5.09. The molecule has 0 fully saturated rings. The Morgan fingerprint density at radius 3 is 2.61 bits per heavy atom. The highest BCUT2D eigenvalue weighted by atomic mass is 32.1. The number of hydrogen-bond acceptors (Lipinski definition) is 4. The minimum atomic E-state index is 0. The van der Waals surface area contributed by atoms with Crippen molar-refractivity contribution in [3.63, 3.8) is 0 Å². The molecule has 1 aromatic rings. The van der Waals surface area contributed by atoms with Crippen molar-refractivity contribution in [2.75, 3.05) is 30.4 Å². The van der Waals surface area contributed by atoms with Gasteiger partial charge in [0.1, 0.15) is 10.2 Å². The fraction of sp³-hybridized carbons (Fsp3) is 0.714. The maximum absolute atomic E-state index is 11.7. The molecule has 0 unspecified atom stereocenters. The van der Waals surface area contributed by atoms with E-state index in [2.05, 4.69) is 26.1 Å². The van der Waals surface area contributed by atoms with Crippen molar-refractivity contribution in [3.05, 3.63) is 14.7 Å². The van der Waals surface area contributed by atoms with E-state index in [1.54, 1.807) is 0 Å². The predicted molar refractivity (Wildman–Crippen MR) is 84.2 cm³/mol. The first-order chi connectivity index (χ1) is 8.49. The molecule has 1 aromatic carbocycles. The molecule has 0 saturated carbocycles. The van der Waals surface area contributed by atoms with Gasteiger partial charge in [-0.2, -0.15) is 0 Å². The first-order valence-corrected chi connectivity index (χ1v) is 7.18. The smallest absolute Gasteiger partial charge is 0.223 e. The van der Waals surface area contributed by atoms with Crippen LogP contribution in [-0.4, -0.2) is 20.1 Å². The van der Waals surface area contributed by atoms with E-state index in [1.807, 2.05) is 11.9 Å². The van der Waals surface area contributed by atoms with Gasteiger partial charge in [-0.25, -0.2) is 0 Å². The number of nitrogens with one attached hydrogen (secondary N) is 1. The normalized spacial score (nSPS) is 11.2. The van der Waals surface area contributed by atoms with E-state index in [9.17, 15) is 4.79 Å². The van der Waals surface area contributed by atoms with Gasteiger partial charge >= 0.3 is 0 Å². The Hall–Kier alpha value is -0.900. The zero-order chi connectivity index (χ0) is 13.7. The average Bonchev–Trinajstić information content (AvgIpc) is 2.35. The summed E-state index contributed by atoms with van der Waals surface area (Å²) in [7, 11) is 1.97. The van der Waals surface area contributed by atoms with Crippen LogP contribution in [0, 0.1) is 10.4 Å². The topological polar surface area (TPSA) is 32.3 Å². The van der Waals surface area contributed by atoms with Crippen molar-refractivity contribution in [3.8, 4) is 0 Å². The van der Waals surface area contributed by atoms with E-state index in [1.165, 1.54) is 12.8 Å². The van der Waals surface area contributed by atoms with Crippen LogP contribution in [0.3, 0.4) is 0 Å². The molecule has 0 amide bonds. The molecule has 0 aliphatic rings. The van der Waals surface area contributed by atoms with Crippen LogP contribution in [0.15, 0.2) is 4.79 Å². The summed E-state index contributed by atoms with van der Waals surface area (Å²) in [6.07, 6.45) is 3.55. The predicted octanol–water partition coefficient (Wildman–Crippen LogP) is 3.59. The molecule has 0 aliphatic heterocycles. The summed E-state index contributed by atoms with van der Waals surface area (Å²) in [6, 6.07) is 0. The molecule has 4 heteroatoms. The highest BCUT2D eigenvalue weighted by molar-refractivity contribution is 7.71. The SMILES string of the molecule is CCN(C)c1c(NCCCCC(C)C)c(=O)c1=S.[HH]. The highest BCUT2D eigenvalue weighted by Gasteiger charge is 2.19. The van der Waals surface area contributed by atoms with Crippen LogP contribution in [0.2, 0.25) is 0 Å². The van der Waals surface area contributed by atoms with Gasteiger partial charge in [-0.1, -0.05) is 38.9 Å². The molecule has 104 valence electrons. The van der Waals surface area contributed by atoms with Gasteiger partial charge in [0.15, 0.2) is 0 Å². The maximum Gasteiger partial charge on any atom is 0.223 e. The van der Waals surface area contributed by atoms with E-state index >= 15 is 0 Å². The lowest BCUT2D eigenvalue weighted by molar-refractivity contribution is 0.544. The summed E-state index contributed by atoms with van der Waals surface area (Å²) in [5.74, 6) is 0.754. The van der Waals surface area contributed by atoms with Gasteiger partial charge in [-0.15, -0.1) is 0 Å². The van der Waals surface area contributed by atoms with Gasteiger partial charge in [-0.05, 0) is 19.3 Å². The summed E-state index contributed by atoms with van der Waals surface area (Å²) in [5, 5.41) is 3.24. The standard InChI is InChI=1S/C14H24N2OS.H2/c1-5-16(4)12-11(13(17)14(12)18)15-9-7-6-8-10(2)3;/h10,15H,5-9H2,1-4H3;1H. The molecule has 0 saturated heterocycles. The van der Waals surface area contributed by atoms with Gasteiger partial charge < -0.3 is 10.2 Å². The third-order valence-electron chi connectivity index (χ3n) is 3.25. The van der Waals surface area contributed by atoms with Gasteiger partial charge in [0, 0.05) is 21.6 Å². The molecule has 0 radical (unpaired) electrons. The Morgan fingerprint density at radius 2 is 2.06 bits per heavy atom. The van der Waals surface area contributed by atoms with E-state index in [4.69, 9.17) is 12.2 Å². The van der Waals surface area contributed by atoms with Crippen LogP contribution in [0.1, 0.15) is 41.5 Å². The van der Waals surface area contributed by atoms with Crippen LogP contribution in [-0.2, 0) is 0 Å². The third-order valence-corrected chi connectivity index (χ3v) is 3.63. The van der Waals surface area contributed by atoms with Gasteiger partial charge in [0.05, 0.1) is 5.69 Å². The molecule has 0 spiro atoms. The summed E-state index contributed by atoms with van der Waals surface area (Å²) in [4.78, 5) is 13.7. The molecule has 3 nitrogen and oxygen atoms in total. The number of nitrogens with zero attached hydrogens (tertiary/aromatic N) is 1. The molecule has 0 heterocycles. The molecule has 0 aliphatic carbocycles. The Labute approximate surface area is 116 Å². The minimum absolute atomic E-state index is 0. The number of hydrogen-bond donors (Lipinski definition) is 1. The average molecular weight is 270 g/mol.